The van der Waals surface area contributed by atoms with Gasteiger partial charge in [-0.3, -0.25) is 0 Å². The summed E-state index contributed by atoms with van der Waals surface area (Å²) in [6.45, 7) is 21.8. The Labute approximate surface area is 196 Å². The van der Waals surface area contributed by atoms with Gasteiger partial charge in [0.25, 0.3) is 0 Å². The summed E-state index contributed by atoms with van der Waals surface area (Å²) in [4.78, 5) is 0. The van der Waals surface area contributed by atoms with E-state index in [0.29, 0.717) is 10.8 Å². The zero-order chi connectivity index (χ0) is 23.0. The Morgan fingerprint density at radius 1 is 0.903 bits per heavy atom. The molecule has 4 aliphatic rings. The molecule has 0 radical (unpaired) electrons. The van der Waals surface area contributed by atoms with Crippen molar-refractivity contribution in [3.8, 4) is 0 Å². The van der Waals surface area contributed by atoms with Gasteiger partial charge in [-0.25, -0.2) is 0 Å². The van der Waals surface area contributed by atoms with Gasteiger partial charge in [0.15, 0.2) is 0 Å². The van der Waals surface area contributed by atoms with Gasteiger partial charge in [0.1, 0.15) is 0 Å². The number of hydrogen-bond donors (Lipinski definition) is 0. The molecule has 0 aromatic rings. The number of hydrogen-bond acceptors (Lipinski definition) is 0. The van der Waals surface area contributed by atoms with E-state index in [-0.39, 0.29) is 0 Å². The van der Waals surface area contributed by atoms with Crippen LogP contribution in [-0.4, -0.2) is 0 Å². The molecule has 0 nitrogen and oxygen atoms in total. The Bertz CT molecular complexity index is 614. The summed E-state index contributed by atoms with van der Waals surface area (Å²) in [5, 5.41) is 0. The molecule has 0 saturated heterocycles. The molecule has 0 aliphatic heterocycles. The van der Waals surface area contributed by atoms with E-state index in [9.17, 15) is 0 Å². The Hall–Kier alpha value is -0.260. The smallest absolute Gasteiger partial charge is 0.00851 e. The molecule has 9 atom stereocenters. The normalized spacial score (nSPS) is 43.7. The summed E-state index contributed by atoms with van der Waals surface area (Å²) >= 11 is 0. The van der Waals surface area contributed by atoms with Gasteiger partial charge in [0, 0.05) is 0 Å². The maximum atomic E-state index is 2.75. The van der Waals surface area contributed by atoms with Crippen LogP contribution in [0.5, 0.6) is 0 Å². The first-order valence-electron chi connectivity index (χ1n) is 14.4. The third kappa shape index (κ3) is 4.57. The minimum atomic E-state index is 0.549. The Morgan fingerprint density at radius 2 is 1.61 bits per heavy atom. The SMILES string of the molecule is CC.CC1CCC2(C)C(=CCC3C2CCC2(C)C(C(C)CCC(C)C(C)C)CCC32)C1. The van der Waals surface area contributed by atoms with Crippen LogP contribution in [0.25, 0.3) is 0 Å². The molecule has 180 valence electrons. The molecular weight excluding hydrogens is 372 g/mol. The van der Waals surface area contributed by atoms with E-state index in [0.717, 1.165) is 47.3 Å². The first-order valence-corrected chi connectivity index (χ1v) is 14.4. The Balaban J connectivity index is 0.00000132. The Kier molecular flexibility index (Phi) is 8.12. The largest absolute Gasteiger partial charge is 0.0845 e. The Morgan fingerprint density at radius 3 is 2.29 bits per heavy atom. The monoisotopic (exact) mass is 428 g/mol. The van der Waals surface area contributed by atoms with Crippen LogP contribution < -0.4 is 0 Å². The highest BCUT2D eigenvalue weighted by molar-refractivity contribution is 5.25. The van der Waals surface area contributed by atoms with Crippen molar-refractivity contribution >= 4 is 0 Å². The van der Waals surface area contributed by atoms with Gasteiger partial charge in [0.05, 0.1) is 0 Å². The second-order valence-electron chi connectivity index (χ2n) is 13.1. The molecule has 4 aliphatic carbocycles. The highest BCUT2D eigenvalue weighted by atomic mass is 14.6. The fourth-order valence-corrected chi connectivity index (χ4v) is 8.88. The van der Waals surface area contributed by atoms with E-state index in [4.69, 9.17) is 0 Å². The van der Waals surface area contributed by atoms with E-state index in [1.807, 2.05) is 19.4 Å². The molecule has 0 aromatic carbocycles. The van der Waals surface area contributed by atoms with Crippen LogP contribution in [0.4, 0.5) is 0 Å². The third-order valence-corrected chi connectivity index (χ3v) is 11.3. The first kappa shape index (κ1) is 25.4. The van der Waals surface area contributed by atoms with Crippen molar-refractivity contribution in [2.75, 3.05) is 0 Å². The van der Waals surface area contributed by atoms with Crippen molar-refractivity contribution in [3.63, 3.8) is 0 Å². The zero-order valence-corrected chi connectivity index (χ0v) is 22.8. The minimum Gasteiger partial charge on any atom is -0.0845 e. The average molecular weight is 429 g/mol. The van der Waals surface area contributed by atoms with Crippen molar-refractivity contribution < 1.29 is 0 Å². The molecule has 0 spiro atoms. The molecule has 0 N–H and O–H groups in total. The number of rotatable bonds is 5. The summed E-state index contributed by atoms with van der Waals surface area (Å²) in [5.74, 6) is 7.53. The van der Waals surface area contributed by atoms with Crippen molar-refractivity contribution in [3.05, 3.63) is 11.6 Å². The highest BCUT2D eigenvalue weighted by Gasteiger charge is 2.58. The van der Waals surface area contributed by atoms with Gasteiger partial charge in [-0.05, 0) is 110 Å². The quantitative estimate of drug-likeness (QED) is 0.382. The molecule has 0 heterocycles. The molecular formula is C31H56. The molecule has 0 bridgehead atoms. The molecule has 0 heteroatoms. The van der Waals surface area contributed by atoms with Crippen LogP contribution in [0, 0.1) is 58.2 Å². The molecule has 3 saturated carbocycles. The summed E-state index contributed by atoms with van der Waals surface area (Å²) in [6.07, 6.45) is 17.5. The predicted molar refractivity (Wildman–Crippen MR) is 138 cm³/mol. The van der Waals surface area contributed by atoms with Crippen molar-refractivity contribution in [1.82, 2.24) is 0 Å². The second-order valence-corrected chi connectivity index (χ2v) is 13.1. The zero-order valence-electron chi connectivity index (χ0n) is 22.8. The lowest BCUT2D eigenvalue weighted by molar-refractivity contribution is -0.0525. The van der Waals surface area contributed by atoms with E-state index in [2.05, 4.69) is 54.5 Å². The lowest BCUT2D eigenvalue weighted by atomic mass is 9.46. The minimum absolute atomic E-state index is 0.549. The van der Waals surface area contributed by atoms with E-state index in [1.165, 1.54) is 64.2 Å². The van der Waals surface area contributed by atoms with Crippen LogP contribution in [0.2, 0.25) is 0 Å². The summed E-state index contributed by atoms with van der Waals surface area (Å²) in [6, 6.07) is 0. The summed E-state index contributed by atoms with van der Waals surface area (Å²) in [7, 11) is 0. The fourth-order valence-electron chi connectivity index (χ4n) is 8.88. The lowest BCUT2D eigenvalue weighted by Gasteiger charge is -2.58. The standard InChI is InChI=1S/C29H50.C2H6/c1-19(2)21(4)8-9-22(5)25-12-13-26-24-11-10-23-18-20(3)14-16-28(23,6)27(24)15-17-29(25,26)7;1-2/h10,19-22,24-27H,8-9,11-18H2,1-7H3;1-2H3. The van der Waals surface area contributed by atoms with Gasteiger partial charge in [-0.15, -0.1) is 0 Å². The molecule has 31 heavy (non-hydrogen) atoms. The lowest BCUT2D eigenvalue weighted by Crippen LogP contribution is -2.50. The molecule has 0 amide bonds. The van der Waals surface area contributed by atoms with Crippen molar-refractivity contribution in [2.24, 2.45) is 58.2 Å². The fraction of sp³-hybridized carbons (Fsp3) is 0.935. The number of allylic oxidation sites excluding steroid dienone is 2. The maximum absolute atomic E-state index is 2.75. The molecule has 9 unspecified atom stereocenters. The van der Waals surface area contributed by atoms with Crippen LogP contribution in [0.1, 0.15) is 127 Å². The molecule has 0 aromatic heterocycles. The van der Waals surface area contributed by atoms with Crippen LogP contribution >= 0.6 is 0 Å². The van der Waals surface area contributed by atoms with Crippen LogP contribution in [-0.2, 0) is 0 Å². The van der Waals surface area contributed by atoms with E-state index < -0.39 is 0 Å². The van der Waals surface area contributed by atoms with Crippen molar-refractivity contribution in [1.29, 1.82) is 0 Å². The highest BCUT2D eigenvalue weighted by Crippen LogP contribution is 2.67. The van der Waals surface area contributed by atoms with Gasteiger partial charge >= 0.3 is 0 Å². The average Bonchev–Trinajstić information content (AvgIpc) is 3.11. The second kappa shape index (κ2) is 9.93. The summed E-state index contributed by atoms with van der Waals surface area (Å²) < 4.78 is 0. The van der Waals surface area contributed by atoms with Gasteiger partial charge in [0.2, 0.25) is 0 Å². The van der Waals surface area contributed by atoms with E-state index in [1.54, 1.807) is 0 Å². The van der Waals surface area contributed by atoms with Gasteiger partial charge < -0.3 is 0 Å². The number of fused-ring (bicyclic) bond motifs is 5. The van der Waals surface area contributed by atoms with E-state index >= 15 is 0 Å². The third-order valence-electron chi connectivity index (χ3n) is 11.3. The van der Waals surface area contributed by atoms with Crippen LogP contribution in [0.3, 0.4) is 0 Å². The van der Waals surface area contributed by atoms with Gasteiger partial charge in [-0.1, -0.05) is 86.8 Å². The maximum Gasteiger partial charge on any atom is -0.00851 e. The molecule has 4 rings (SSSR count). The van der Waals surface area contributed by atoms with Gasteiger partial charge in [-0.2, -0.15) is 0 Å². The molecule has 3 fully saturated rings. The van der Waals surface area contributed by atoms with Crippen molar-refractivity contribution in [2.45, 2.75) is 127 Å². The summed E-state index contributed by atoms with van der Waals surface area (Å²) in [5.41, 5.74) is 3.05. The first-order chi connectivity index (χ1) is 14.7. The predicted octanol–water partition coefficient (Wildman–Crippen LogP) is 9.94. The topological polar surface area (TPSA) is 0 Å². The van der Waals surface area contributed by atoms with Crippen LogP contribution in [0.15, 0.2) is 11.6 Å².